The van der Waals surface area contributed by atoms with Crippen LogP contribution in [0, 0.1) is 5.92 Å². The topological polar surface area (TPSA) is 46.5 Å². The minimum atomic E-state index is -0.795. The van der Waals surface area contributed by atoms with Gasteiger partial charge in [-0.15, -0.1) is 0 Å². The summed E-state index contributed by atoms with van der Waals surface area (Å²) in [5.74, 6) is 0.384. The molecule has 2 aliphatic rings. The molecule has 1 unspecified atom stereocenters. The number of ether oxygens (including phenoxy) is 1. The summed E-state index contributed by atoms with van der Waals surface area (Å²) in [5.41, 5.74) is 0.517. The highest BCUT2D eigenvalue weighted by molar-refractivity contribution is 5.87. The van der Waals surface area contributed by atoms with Gasteiger partial charge in [-0.2, -0.15) is 0 Å². The molecule has 0 aromatic rings. The Morgan fingerprint density at radius 3 is 3.08 bits per heavy atom. The number of carboxylic acids is 1. The third-order valence-corrected chi connectivity index (χ3v) is 2.63. The highest BCUT2D eigenvalue weighted by Crippen LogP contribution is 2.37. The molecular formula is C9H12O3. The second-order valence-electron chi connectivity index (χ2n) is 3.37. The van der Waals surface area contributed by atoms with Crippen molar-refractivity contribution in [3.8, 4) is 0 Å². The summed E-state index contributed by atoms with van der Waals surface area (Å²) in [4.78, 5) is 10.8. The molecule has 1 atom stereocenters. The zero-order chi connectivity index (χ0) is 8.55. The normalized spacial score (nSPS) is 28.2. The van der Waals surface area contributed by atoms with E-state index >= 15 is 0 Å². The van der Waals surface area contributed by atoms with Crippen molar-refractivity contribution in [1.29, 1.82) is 0 Å². The predicted octanol–water partition coefficient (Wildman–Crippen LogP) is 1.55. The minimum Gasteiger partial charge on any atom is -0.497 e. The molecule has 1 heterocycles. The molecule has 0 aromatic carbocycles. The van der Waals surface area contributed by atoms with E-state index < -0.39 is 5.97 Å². The Labute approximate surface area is 71.0 Å². The van der Waals surface area contributed by atoms with Crippen molar-refractivity contribution < 1.29 is 14.6 Å². The number of carbonyl (C=O) groups is 1. The van der Waals surface area contributed by atoms with Gasteiger partial charge < -0.3 is 9.84 Å². The summed E-state index contributed by atoms with van der Waals surface area (Å²) < 4.78 is 5.33. The van der Waals surface area contributed by atoms with Crippen LogP contribution in [0.5, 0.6) is 0 Å². The summed E-state index contributed by atoms with van der Waals surface area (Å²) >= 11 is 0. The number of rotatable bonds is 1. The highest BCUT2D eigenvalue weighted by Gasteiger charge is 2.31. The van der Waals surface area contributed by atoms with E-state index in [1.807, 2.05) is 0 Å². The van der Waals surface area contributed by atoms with Crippen molar-refractivity contribution in [2.75, 3.05) is 6.61 Å². The van der Waals surface area contributed by atoms with Crippen LogP contribution in [0.2, 0.25) is 0 Å². The lowest BCUT2D eigenvalue weighted by Crippen LogP contribution is -2.13. The summed E-state index contributed by atoms with van der Waals surface area (Å²) in [6, 6.07) is 0. The van der Waals surface area contributed by atoms with Gasteiger partial charge >= 0.3 is 5.97 Å². The lowest BCUT2D eigenvalue weighted by Gasteiger charge is -2.18. The average Bonchev–Trinajstić information content (AvgIpc) is 2.49. The quantitative estimate of drug-likeness (QED) is 0.646. The van der Waals surface area contributed by atoms with Gasteiger partial charge in [0.2, 0.25) is 0 Å². The molecule has 0 aromatic heterocycles. The van der Waals surface area contributed by atoms with E-state index in [0.717, 1.165) is 25.0 Å². The van der Waals surface area contributed by atoms with E-state index in [0.29, 0.717) is 24.5 Å². The van der Waals surface area contributed by atoms with Crippen molar-refractivity contribution >= 4 is 5.97 Å². The first-order chi connectivity index (χ1) is 5.79. The Balaban J connectivity index is 2.32. The van der Waals surface area contributed by atoms with Crippen LogP contribution >= 0.6 is 0 Å². The van der Waals surface area contributed by atoms with E-state index in [9.17, 15) is 4.79 Å². The van der Waals surface area contributed by atoms with Crippen LogP contribution in [0.1, 0.15) is 25.7 Å². The molecule has 66 valence electrons. The van der Waals surface area contributed by atoms with Crippen LogP contribution in [0.3, 0.4) is 0 Å². The lowest BCUT2D eigenvalue weighted by atomic mass is 9.88. The molecular weight excluding hydrogens is 156 g/mol. The molecule has 3 nitrogen and oxygen atoms in total. The molecule has 3 heteroatoms. The second kappa shape index (κ2) is 2.81. The molecule has 0 spiro atoms. The minimum absolute atomic E-state index is 0.407. The predicted molar refractivity (Wildman–Crippen MR) is 42.6 cm³/mol. The Kier molecular flexibility index (Phi) is 1.79. The molecule has 1 aliphatic heterocycles. The average molecular weight is 168 g/mol. The number of allylic oxidation sites excluding steroid dienone is 1. The van der Waals surface area contributed by atoms with E-state index in [-0.39, 0.29) is 0 Å². The number of aliphatic carboxylic acids is 1. The molecule has 0 saturated carbocycles. The first-order valence-electron chi connectivity index (χ1n) is 4.38. The highest BCUT2D eigenvalue weighted by atomic mass is 16.5. The maximum atomic E-state index is 10.8. The Hall–Kier alpha value is -0.990. The molecule has 0 bridgehead atoms. The standard InChI is InChI=1S/C9H12O3/c10-9(11)7-3-1-2-6-4-5-12-8(6)7/h6H,1-5H2,(H,10,11). The van der Waals surface area contributed by atoms with Crippen molar-refractivity contribution in [2.45, 2.75) is 25.7 Å². The summed E-state index contributed by atoms with van der Waals surface area (Å²) in [7, 11) is 0. The van der Waals surface area contributed by atoms with Gasteiger partial charge in [-0.3, -0.25) is 0 Å². The maximum Gasteiger partial charge on any atom is 0.334 e. The summed E-state index contributed by atoms with van der Waals surface area (Å²) in [5, 5.41) is 8.85. The number of hydrogen-bond donors (Lipinski definition) is 1. The van der Waals surface area contributed by atoms with Crippen LogP contribution in [0.25, 0.3) is 0 Å². The maximum absolute atomic E-state index is 10.8. The number of carboxylic acid groups (broad SMARTS) is 1. The third kappa shape index (κ3) is 1.09. The molecule has 1 fully saturated rings. The van der Waals surface area contributed by atoms with Gasteiger partial charge in [0.05, 0.1) is 12.2 Å². The van der Waals surface area contributed by atoms with Gasteiger partial charge in [0.25, 0.3) is 0 Å². The van der Waals surface area contributed by atoms with Crippen LogP contribution in [-0.2, 0) is 9.53 Å². The van der Waals surface area contributed by atoms with Crippen molar-refractivity contribution in [3.63, 3.8) is 0 Å². The van der Waals surface area contributed by atoms with Crippen molar-refractivity contribution in [1.82, 2.24) is 0 Å². The largest absolute Gasteiger partial charge is 0.497 e. The molecule has 0 radical (unpaired) electrons. The van der Waals surface area contributed by atoms with Crippen LogP contribution < -0.4 is 0 Å². The third-order valence-electron chi connectivity index (χ3n) is 2.63. The molecule has 0 amide bonds. The van der Waals surface area contributed by atoms with Gasteiger partial charge in [-0.1, -0.05) is 0 Å². The van der Waals surface area contributed by atoms with Gasteiger partial charge in [-0.05, 0) is 25.7 Å². The summed E-state index contributed by atoms with van der Waals surface area (Å²) in [6.45, 7) is 0.705. The zero-order valence-corrected chi connectivity index (χ0v) is 6.88. The molecule has 1 N–H and O–H groups in total. The fourth-order valence-corrected chi connectivity index (χ4v) is 2.03. The van der Waals surface area contributed by atoms with Crippen LogP contribution in [0.15, 0.2) is 11.3 Å². The van der Waals surface area contributed by atoms with E-state index in [4.69, 9.17) is 9.84 Å². The van der Waals surface area contributed by atoms with Gasteiger partial charge in [0.1, 0.15) is 5.76 Å². The smallest absolute Gasteiger partial charge is 0.334 e. The molecule has 2 rings (SSSR count). The molecule has 1 saturated heterocycles. The Morgan fingerprint density at radius 2 is 2.33 bits per heavy atom. The van der Waals surface area contributed by atoms with Gasteiger partial charge in [-0.25, -0.2) is 4.79 Å². The van der Waals surface area contributed by atoms with Crippen molar-refractivity contribution in [3.05, 3.63) is 11.3 Å². The van der Waals surface area contributed by atoms with Crippen LogP contribution in [-0.4, -0.2) is 17.7 Å². The lowest BCUT2D eigenvalue weighted by molar-refractivity contribution is -0.133. The Morgan fingerprint density at radius 1 is 1.50 bits per heavy atom. The molecule has 1 aliphatic carbocycles. The number of hydrogen-bond acceptors (Lipinski definition) is 2. The first kappa shape index (κ1) is 7.65. The second-order valence-corrected chi connectivity index (χ2v) is 3.37. The zero-order valence-electron chi connectivity index (χ0n) is 6.88. The van der Waals surface area contributed by atoms with E-state index in [1.165, 1.54) is 0 Å². The fourth-order valence-electron chi connectivity index (χ4n) is 2.03. The van der Waals surface area contributed by atoms with Gasteiger partial charge in [0, 0.05) is 5.92 Å². The monoisotopic (exact) mass is 168 g/mol. The Bertz CT molecular complexity index is 242. The summed E-state index contributed by atoms with van der Waals surface area (Å²) in [6.07, 6.45) is 3.79. The fraction of sp³-hybridized carbons (Fsp3) is 0.667. The van der Waals surface area contributed by atoms with Gasteiger partial charge in [0.15, 0.2) is 0 Å². The SMILES string of the molecule is O=C(O)C1=C2OCCC2CCC1. The van der Waals surface area contributed by atoms with E-state index in [2.05, 4.69) is 0 Å². The van der Waals surface area contributed by atoms with E-state index in [1.54, 1.807) is 0 Å². The van der Waals surface area contributed by atoms with Crippen LogP contribution in [0.4, 0.5) is 0 Å². The first-order valence-corrected chi connectivity index (χ1v) is 4.38. The molecule has 12 heavy (non-hydrogen) atoms. The number of fused-ring (bicyclic) bond motifs is 1. The van der Waals surface area contributed by atoms with Crippen molar-refractivity contribution in [2.24, 2.45) is 5.92 Å².